The van der Waals surface area contributed by atoms with E-state index >= 15 is 0 Å². The molecule has 0 saturated heterocycles. The van der Waals surface area contributed by atoms with E-state index in [1.54, 1.807) is 13.2 Å². The Balaban J connectivity index is 2.77. The van der Waals surface area contributed by atoms with Gasteiger partial charge in [-0.25, -0.2) is 0 Å². The lowest BCUT2D eigenvalue weighted by molar-refractivity contribution is 0.591. The molecule has 0 saturated carbocycles. The van der Waals surface area contributed by atoms with Crippen LogP contribution in [0.15, 0.2) is 33.7 Å². The first-order valence-electron chi connectivity index (χ1n) is 5.24. The van der Waals surface area contributed by atoms with Crippen LogP contribution in [0.25, 0.3) is 11.0 Å². The van der Waals surface area contributed by atoms with Crippen molar-refractivity contribution in [3.8, 4) is 0 Å². The quantitative estimate of drug-likeness (QED) is 0.749. The Morgan fingerprint density at radius 3 is 2.87 bits per heavy atom. The molecule has 2 heteroatoms. The fourth-order valence-electron chi connectivity index (χ4n) is 1.78. The van der Waals surface area contributed by atoms with Crippen LogP contribution in [-0.4, -0.2) is 0 Å². The molecular weight excluding hydrogens is 188 g/mol. The van der Waals surface area contributed by atoms with Gasteiger partial charge in [0.1, 0.15) is 5.58 Å². The third-order valence-corrected chi connectivity index (χ3v) is 2.57. The van der Waals surface area contributed by atoms with Crippen LogP contribution in [0.1, 0.15) is 24.5 Å². The molecule has 0 spiro atoms. The van der Waals surface area contributed by atoms with Gasteiger partial charge in [0.05, 0.1) is 11.6 Å². The number of rotatable bonds is 2. The van der Waals surface area contributed by atoms with Crippen molar-refractivity contribution >= 4 is 11.0 Å². The van der Waals surface area contributed by atoms with Gasteiger partial charge in [-0.1, -0.05) is 25.5 Å². The first-order chi connectivity index (χ1) is 7.24. The predicted octanol–water partition coefficient (Wildman–Crippen LogP) is 3.05. The number of para-hydroxylation sites is 1. The minimum absolute atomic E-state index is 0.0780. The molecule has 1 aromatic carbocycles. The SMILES string of the molecule is CCCc1cccc2c(=O)c(C)coc12. The highest BCUT2D eigenvalue weighted by Crippen LogP contribution is 2.17. The van der Waals surface area contributed by atoms with E-state index in [0.717, 1.165) is 24.0 Å². The van der Waals surface area contributed by atoms with Gasteiger partial charge in [-0.15, -0.1) is 0 Å². The van der Waals surface area contributed by atoms with Crippen molar-refractivity contribution in [2.75, 3.05) is 0 Å². The molecule has 0 unspecified atom stereocenters. The molecular formula is C13H14O2. The third kappa shape index (κ3) is 1.67. The Kier molecular flexibility index (Phi) is 2.58. The van der Waals surface area contributed by atoms with Crippen LogP contribution < -0.4 is 5.43 Å². The van der Waals surface area contributed by atoms with E-state index in [4.69, 9.17) is 4.42 Å². The van der Waals surface area contributed by atoms with Crippen LogP contribution >= 0.6 is 0 Å². The molecule has 0 fully saturated rings. The fraction of sp³-hybridized carbons (Fsp3) is 0.308. The molecule has 0 aliphatic rings. The summed E-state index contributed by atoms with van der Waals surface area (Å²) in [5.41, 5.74) is 2.60. The Morgan fingerprint density at radius 2 is 2.13 bits per heavy atom. The van der Waals surface area contributed by atoms with Crippen LogP contribution in [0.3, 0.4) is 0 Å². The molecule has 2 aromatic rings. The number of hydrogen-bond donors (Lipinski definition) is 0. The zero-order valence-electron chi connectivity index (χ0n) is 9.04. The van der Waals surface area contributed by atoms with E-state index in [-0.39, 0.29) is 5.43 Å². The summed E-state index contributed by atoms with van der Waals surface area (Å²) in [6.07, 6.45) is 3.55. The first-order valence-corrected chi connectivity index (χ1v) is 5.24. The second-order valence-corrected chi connectivity index (χ2v) is 3.79. The average Bonchev–Trinajstić information content (AvgIpc) is 2.25. The maximum absolute atomic E-state index is 11.8. The largest absolute Gasteiger partial charge is 0.464 e. The van der Waals surface area contributed by atoms with Gasteiger partial charge in [0, 0.05) is 5.56 Å². The van der Waals surface area contributed by atoms with E-state index < -0.39 is 0 Å². The second-order valence-electron chi connectivity index (χ2n) is 3.79. The molecule has 0 N–H and O–H groups in total. The second kappa shape index (κ2) is 3.89. The predicted molar refractivity (Wildman–Crippen MR) is 61.2 cm³/mol. The van der Waals surface area contributed by atoms with Crippen molar-refractivity contribution in [2.24, 2.45) is 0 Å². The Morgan fingerprint density at radius 1 is 1.33 bits per heavy atom. The van der Waals surface area contributed by atoms with Gasteiger partial charge in [-0.05, 0) is 25.0 Å². The zero-order chi connectivity index (χ0) is 10.8. The van der Waals surface area contributed by atoms with Gasteiger partial charge >= 0.3 is 0 Å². The summed E-state index contributed by atoms with van der Waals surface area (Å²) < 4.78 is 5.51. The van der Waals surface area contributed by atoms with Crippen molar-refractivity contribution in [2.45, 2.75) is 26.7 Å². The van der Waals surface area contributed by atoms with Crippen molar-refractivity contribution in [3.05, 3.63) is 45.8 Å². The minimum atomic E-state index is 0.0780. The van der Waals surface area contributed by atoms with Crippen LogP contribution in [0, 0.1) is 6.92 Å². The normalized spacial score (nSPS) is 10.8. The summed E-state index contributed by atoms with van der Waals surface area (Å²) in [4.78, 5) is 11.8. The van der Waals surface area contributed by atoms with E-state index in [1.165, 1.54) is 0 Å². The number of fused-ring (bicyclic) bond motifs is 1. The zero-order valence-corrected chi connectivity index (χ0v) is 9.04. The maximum Gasteiger partial charge on any atom is 0.195 e. The van der Waals surface area contributed by atoms with Crippen LogP contribution in [0.5, 0.6) is 0 Å². The molecule has 0 radical (unpaired) electrons. The third-order valence-electron chi connectivity index (χ3n) is 2.57. The first kappa shape index (κ1) is 9.97. The van der Waals surface area contributed by atoms with Gasteiger partial charge in [0.2, 0.25) is 0 Å². The highest BCUT2D eigenvalue weighted by atomic mass is 16.3. The lowest BCUT2D eigenvalue weighted by Gasteiger charge is -2.03. The number of aryl methyl sites for hydroxylation is 2. The molecule has 0 bridgehead atoms. The lowest BCUT2D eigenvalue weighted by Crippen LogP contribution is -2.05. The van der Waals surface area contributed by atoms with E-state index in [0.29, 0.717) is 10.9 Å². The molecule has 15 heavy (non-hydrogen) atoms. The number of hydrogen-bond acceptors (Lipinski definition) is 2. The summed E-state index contributed by atoms with van der Waals surface area (Å²) in [6.45, 7) is 3.89. The summed E-state index contributed by atoms with van der Waals surface area (Å²) in [6, 6.07) is 5.76. The van der Waals surface area contributed by atoms with E-state index in [2.05, 4.69) is 6.92 Å². The molecule has 0 aliphatic carbocycles. The van der Waals surface area contributed by atoms with Crippen molar-refractivity contribution in [1.82, 2.24) is 0 Å². The van der Waals surface area contributed by atoms with E-state index in [9.17, 15) is 4.79 Å². The van der Waals surface area contributed by atoms with Gasteiger partial charge in [0.15, 0.2) is 5.43 Å². The molecule has 78 valence electrons. The number of benzene rings is 1. The highest BCUT2D eigenvalue weighted by molar-refractivity contribution is 5.80. The van der Waals surface area contributed by atoms with Crippen molar-refractivity contribution in [1.29, 1.82) is 0 Å². The van der Waals surface area contributed by atoms with Gasteiger partial charge < -0.3 is 4.42 Å². The van der Waals surface area contributed by atoms with Crippen molar-refractivity contribution < 1.29 is 4.42 Å². The Labute approximate surface area is 88.5 Å². The summed E-state index contributed by atoms with van der Waals surface area (Å²) in [7, 11) is 0. The smallest absolute Gasteiger partial charge is 0.195 e. The summed E-state index contributed by atoms with van der Waals surface area (Å²) in [5.74, 6) is 0. The minimum Gasteiger partial charge on any atom is -0.464 e. The summed E-state index contributed by atoms with van der Waals surface area (Å²) >= 11 is 0. The standard InChI is InChI=1S/C13H14O2/c1-3-5-10-6-4-7-11-12(14)9(2)8-15-13(10)11/h4,6-8H,3,5H2,1-2H3. The maximum atomic E-state index is 11.8. The molecule has 2 rings (SSSR count). The average molecular weight is 202 g/mol. The molecule has 2 nitrogen and oxygen atoms in total. The highest BCUT2D eigenvalue weighted by Gasteiger charge is 2.06. The molecule has 0 aliphatic heterocycles. The Hall–Kier alpha value is -1.57. The van der Waals surface area contributed by atoms with Crippen LogP contribution in [-0.2, 0) is 6.42 Å². The van der Waals surface area contributed by atoms with Gasteiger partial charge in [0.25, 0.3) is 0 Å². The molecule has 0 atom stereocenters. The van der Waals surface area contributed by atoms with Gasteiger partial charge in [-0.3, -0.25) is 4.79 Å². The van der Waals surface area contributed by atoms with E-state index in [1.807, 2.05) is 18.2 Å². The molecule has 1 aromatic heterocycles. The molecule has 1 heterocycles. The lowest BCUT2D eigenvalue weighted by atomic mass is 10.1. The molecule has 0 amide bonds. The van der Waals surface area contributed by atoms with Crippen LogP contribution in [0.2, 0.25) is 0 Å². The Bertz CT molecular complexity index is 538. The topological polar surface area (TPSA) is 30.2 Å². The van der Waals surface area contributed by atoms with Crippen LogP contribution in [0.4, 0.5) is 0 Å². The summed E-state index contributed by atoms with van der Waals surface area (Å²) in [5, 5.41) is 0.695. The van der Waals surface area contributed by atoms with Gasteiger partial charge in [-0.2, -0.15) is 0 Å². The monoisotopic (exact) mass is 202 g/mol. The van der Waals surface area contributed by atoms with Crippen molar-refractivity contribution in [3.63, 3.8) is 0 Å². The fourth-order valence-corrected chi connectivity index (χ4v) is 1.78.